The molecular weight excluding hydrogens is 286 g/mol. The summed E-state index contributed by atoms with van der Waals surface area (Å²) in [5.41, 5.74) is 0.536. The van der Waals surface area contributed by atoms with E-state index >= 15 is 0 Å². The van der Waals surface area contributed by atoms with Crippen molar-refractivity contribution in [3.8, 4) is 0 Å². The van der Waals surface area contributed by atoms with Gasteiger partial charge in [0.2, 0.25) is 0 Å². The Kier molecular flexibility index (Phi) is 5.19. The fraction of sp³-hybridized carbons (Fsp3) is 0.947. The highest BCUT2D eigenvalue weighted by molar-refractivity contribution is 5.80. The molecule has 1 saturated heterocycles. The molecule has 3 rings (SSSR count). The number of hydrogen-bond donors (Lipinski definition) is 2. The summed E-state index contributed by atoms with van der Waals surface area (Å²) in [6.07, 6.45) is 11.2. The van der Waals surface area contributed by atoms with Gasteiger partial charge in [-0.2, -0.15) is 0 Å². The lowest BCUT2D eigenvalue weighted by Gasteiger charge is -2.37. The summed E-state index contributed by atoms with van der Waals surface area (Å²) in [5, 5.41) is 13.9. The summed E-state index contributed by atoms with van der Waals surface area (Å²) in [7, 11) is 0. The minimum atomic E-state index is -0.192. The number of likely N-dealkylation sites (tertiary alicyclic amines) is 1. The van der Waals surface area contributed by atoms with Crippen molar-refractivity contribution in [2.45, 2.75) is 77.7 Å². The van der Waals surface area contributed by atoms with E-state index in [1.54, 1.807) is 0 Å². The second kappa shape index (κ2) is 7.00. The molecule has 2 saturated carbocycles. The van der Waals surface area contributed by atoms with E-state index in [1.807, 2.05) is 0 Å². The van der Waals surface area contributed by atoms with Crippen LogP contribution in [0, 0.1) is 10.8 Å². The quantitative estimate of drug-likeness (QED) is 0.620. The molecule has 0 aromatic heterocycles. The first-order valence-electron chi connectivity index (χ1n) is 9.78. The zero-order valence-corrected chi connectivity index (χ0v) is 15.1. The third kappa shape index (κ3) is 3.67. The molecule has 2 unspecified atom stereocenters. The van der Waals surface area contributed by atoms with E-state index in [0.717, 1.165) is 44.9 Å². The maximum absolute atomic E-state index is 10.4. The van der Waals surface area contributed by atoms with E-state index in [9.17, 15) is 5.11 Å². The topological polar surface area (TPSA) is 47.9 Å². The van der Waals surface area contributed by atoms with Crippen molar-refractivity contribution in [2.24, 2.45) is 15.8 Å². The van der Waals surface area contributed by atoms with Crippen LogP contribution in [0.1, 0.15) is 71.6 Å². The van der Waals surface area contributed by atoms with Gasteiger partial charge in [0.25, 0.3) is 0 Å². The lowest BCUT2D eigenvalue weighted by atomic mass is 9.73. The number of aliphatic imine (C=N–C) groups is 1. The molecule has 0 radical (unpaired) electrons. The highest BCUT2D eigenvalue weighted by Crippen LogP contribution is 2.45. The van der Waals surface area contributed by atoms with Crippen LogP contribution in [0.2, 0.25) is 0 Å². The van der Waals surface area contributed by atoms with E-state index in [-0.39, 0.29) is 11.5 Å². The molecule has 4 heteroatoms. The Morgan fingerprint density at radius 1 is 1.17 bits per heavy atom. The van der Waals surface area contributed by atoms with Crippen LogP contribution in [0.4, 0.5) is 0 Å². The van der Waals surface area contributed by atoms with Gasteiger partial charge in [0.1, 0.15) is 0 Å². The average molecular weight is 322 g/mol. The molecular formula is C19H35N3O. The Morgan fingerprint density at radius 2 is 1.91 bits per heavy atom. The first-order chi connectivity index (χ1) is 11.1. The molecule has 2 atom stereocenters. The number of aliphatic hydroxyl groups excluding tert-OH is 1. The van der Waals surface area contributed by atoms with Gasteiger partial charge in [0.05, 0.1) is 12.6 Å². The molecule has 0 bridgehead atoms. The minimum Gasteiger partial charge on any atom is -0.392 e. The highest BCUT2D eigenvalue weighted by atomic mass is 16.3. The third-order valence-electron chi connectivity index (χ3n) is 6.61. The molecule has 0 aromatic carbocycles. The number of rotatable bonds is 3. The second-order valence-corrected chi connectivity index (χ2v) is 8.46. The second-order valence-electron chi connectivity index (χ2n) is 8.46. The lowest BCUT2D eigenvalue weighted by Crippen LogP contribution is -2.43. The summed E-state index contributed by atoms with van der Waals surface area (Å²) >= 11 is 0. The molecule has 1 heterocycles. The van der Waals surface area contributed by atoms with E-state index in [0.29, 0.717) is 5.41 Å². The molecule has 2 aliphatic carbocycles. The fourth-order valence-electron chi connectivity index (χ4n) is 4.90. The zero-order valence-electron chi connectivity index (χ0n) is 15.1. The summed E-state index contributed by atoms with van der Waals surface area (Å²) in [6.45, 7) is 8.35. The molecule has 1 spiro atoms. The van der Waals surface area contributed by atoms with Crippen molar-refractivity contribution in [2.75, 3.05) is 26.2 Å². The van der Waals surface area contributed by atoms with Crippen molar-refractivity contribution >= 4 is 5.96 Å². The van der Waals surface area contributed by atoms with Gasteiger partial charge in [0, 0.05) is 25.0 Å². The Bertz CT molecular complexity index is 430. The van der Waals surface area contributed by atoms with Crippen molar-refractivity contribution in [1.82, 2.24) is 10.2 Å². The van der Waals surface area contributed by atoms with E-state index < -0.39 is 0 Å². The van der Waals surface area contributed by atoms with Crippen LogP contribution in [0.25, 0.3) is 0 Å². The SMILES string of the molecule is CCNC(=NCC1(C)CCCCC1O)N1CCC2(CCCC2)C1. The monoisotopic (exact) mass is 321 g/mol. The van der Waals surface area contributed by atoms with Gasteiger partial charge in [-0.3, -0.25) is 4.99 Å². The van der Waals surface area contributed by atoms with Crippen LogP contribution in [0.3, 0.4) is 0 Å². The number of hydrogen-bond acceptors (Lipinski definition) is 2. The molecule has 4 nitrogen and oxygen atoms in total. The first kappa shape index (κ1) is 17.1. The fourth-order valence-corrected chi connectivity index (χ4v) is 4.90. The zero-order chi connectivity index (χ0) is 16.3. The molecule has 3 fully saturated rings. The van der Waals surface area contributed by atoms with Gasteiger partial charge >= 0.3 is 0 Å². The van der Waals surface area contributed by atoms with Gasteiger partial charge in [-0.15, -0.1) is 0 Å². The standard InChI is InChI=1S/C19H35N3O/c1-3-20-17(21-14-18(2)9-5-4-8-16(18)23)22-13-12-19(15-22)10-6-7-11-19/h16,23H,3-15H2,1-2H3,(H,20,21). The van der Waals surface area contributed by atoms with Crippen LogP contribution in [0.5, 0.6) is 0 Å². The molecule has 0 aromatic rings. The maximum Gasteiger partial charge on any atom is 0.193 e. The largest absolute Gasteiger partial charge is 0.392 e. The summed E-state index contributed by atoms with van der Waals surface area (Å²) in [6, 6.07) is 0. The first-order valence-corrected chi connectivity index (χ1v) is 9.78. The Hall–Kier alpha value is -0.770. The van der Waals surface area contributed by atoms with Crippen LogP contribution >= 0.6 is 0 Å². The van der Waals surface area contributed by atoms with Gasteiger partial charge < -0.3 is 15.3 Å². The highest BCUT2D eigenvalue weighted by Gasteiger charge is 2.41. The number of nitrogens with zero attached hydrogens (tertiary/aromatic N) is 2. The van der Waals surface area contributed by atoms with Crippen molar-refractivity contribution < 1.29 is 5.11 Å². The van der Waals surface area contributed by atoms with Crippen molar-refractivity contribution in [3.63, 3.8) is 0 Å². The molecule has 23 heavy (non-hydrogen) atoms. The normalized spacial score (nSPS) is 34.3. The van der Waals surface area contributed by atoms with E-state index in [4.69, 9.17) is 4.99 Å². The Labute approximate surface area is 141 Å². The lowest BCUT2D eigenvalue weighted by molar-refractivity contribution is 0.00704. The Morgan fingerprint density at radius 3 is 2.61 bits per heavy atom. The van der Waals surface area contributed by atoms with Crippen molar-refractivity contribution in [1.29, 1.82) is 0 Å². The van der Waals surface area contributed by atoms with Crippen LogP contribution in [-0.4, -0.2) is 48.2 Å². The van der Waals surface area contributed by atoms with Gasteiger partial charge in [-0.1, -0.05) is 32.6 Å². The molecule has 3 aliphatic rings. The predicted molar refractivity (Wildman–Crippen MR) is 95.7 cm³/mol. The van der Waals surface area contributed by atoms with Crippen LogP contribution in [0.15, 0.2) is 4.99 Å². The summed E-state index contributed by atoms with van der Waals surface area (Å²) < 4.78 is 0. The van der Waals surface area contributed by atoms with E-state index in [1.165, 1.54) is 45.1 Å². The summed E-state index contributed by atoms with van der Waals surface area (Å²) in [5.74, 6) is 1.08. The average Bonchev–Trinajstić information content (AvgIpc) is 3.17. The molecule has 0 amide bonds. The molecule has 2 N–H and O–H groups in total. The van der Waals surface area contributed by atoms with Gasteiger partial charge in [-0.25, -0.2) is 0 Å². The number of nitrogens with one attached hydrogen (secondary N) is 1. The van der Waals surface area contributed by atoms with Gasteiger partial charge in [-0.05, 0) is 44.4 Å². The van der Waals surface area contributed by atoms with Crippen LogP contribution < -0.4 is 5.32 Å². The third-order valence-corrected chi connectivity index (χ3v) is 6.61. The smallest absolute Gasteiger partial charge is 0.193 e. The molecule has 132 valence electrons. The maximum atomic E-state index is 10.4. The number of guanidine groups is 1. The molecule has 1 aliphatic heterocycles. The minimum absolute atomic E-state index is 0.0380. The van der Waals surface area contributed by atoms with Crippen molar-refractivity contribution in [3.05, 3.63) is 0 Å². The van der Waals surface area contributed by atoms with Gasteiger partial charge in [0.15, 0.2) is 5.96 Å². The van der Waals surface area contributed by atoms with Crippen LogP contribution in [-0.2, 0) is 0 Å². The van der Waals surface area contributed by atoms with E-state index in [2.05, 4.69) is 24.1 Å². The summed E-state index contributed by atoms with van der Waals surface area (Å²) in [4.78, 5) is 7.45. The number of aliphatic hydroxyl groups is 1. The predicted octanol–water partition coefficient (Wildman–Crippen LogP) is 3.16. The Balaban J connectivity index is 1.66.